The lowest BCUT2D eigenvalue weighted by Gasteiger charge is -2.20. The predicted molar refractivity (Wildman–Crippen MR) is 96.2 cm³/mol. The van der Waals surface area contributed by atoms with Gasteiger partial charge >= 0.3 is 6.09 Å². The number of thiophene rings is 1. The van der Waals surface area contributed by atoms with Crippen molar-refractivity contribution in [2.24, 2.45) is 0 Å². The molecule has 0 unspecified atom stereocenters. The minimum Gasteiger partial charge on any atom is -0.444 e. The Labute approximate surface area is 145 Å². The molecule has 4 nitrogen and oxygen atoms in total. The third-order valence-electron chi connectivity index (χ3n) is 2.92. The van der Waals surface area contributed by atoms with Crippen LogP contribution in [-0.2, 0) is 17.8 Å². The van der Waals surface area contributed by atoms with Crippen molar-refractivity contribution in [1.29, 1.82) is 0 Å². The van der Waals surface area contributed by atoms with Crippen LogP contribution in [0.2, 0.25) is 4.34 Å². The molecule has 0 saturated heterocycles. The summed E-state index contributed by atoms with van der Waals surface area (Å²) < 4.78 is 6.03. The zero-order valence-electron chi connectivity index (χ0n) is 13.5. The van der Waals surface area contributed by atoms with Gasteiger partial charge in [0.25, 0.3) is 0 Å². The van der Waals surface area contributed by atoms with Gasteiger partial charge in [-0.25, -0.2) is 4.79 Å². The lowest BCUT2D eigenvalue weighted by molar-refractivity contribution is 0.0523. The molecule has 0 aliphatic heterocycles. The first kappa shape index (κ1) is 17.6. The smallest absolute Gasteiger partial charge is 0.407 e. The predicted octanol–water partition coefficient (Wildman–Crippen LogP) is 5.04. The van der Waals surface area contributed by atoms with Crippen molar-refractivity contribution >= 4 is 34.7 Å². The Kier molecular flexibility index (Phi) is 5.91. The number of halogens is 1. The number of benzene rings is 1. The van der Waals surface area contributed by atoms with Gasteiger partial charge in [-0.1, -0.05) is 29.8 Å². The maximum Gasteiger partial charge on any atom is 0.407 e. The van der Waals surface area contributed by atoms with Crippen LogP contribution in [0.25, 0.3) is 0 Å². The first-order valence-electron chi connectivity index (χ1n) is 7.36. The van der Waals surface area contributed by atoms with Gasteiger partial charge < -0.3 is 15.4 Å². The molecule has 1 amide bonds. The van der Waals surface area contributed by atoms with Gasteiger partial charge in [-0.2, -0.15) is 0 Å². The molecule has 124 valence electrons. The van der Waals surface area contributed by atoms with Crippen LogP contribution in [0.4, 0.5) is 10.5 Å². The number of anilines is 1. The Balaban J connectivity index is 1.93. The van der Waals surface area contributed by atoms with Gasteiger partial charge in [0.05, 0.1) is 4.34 Å². The van der Waals surface area contributed by atoms with Crippen molar-refractivity contribution in [2.75, 3.05) is 5.32 Å². The molecule has 6 heteroatoms. The summed E-state index contributed by atoms with van der Waals surface area (Å²) in [6.07, 6.45) is -0.419. The average molecular weight is 353 g/mol. The van der Waals surface area contributed by atoms with Gasteiger partial charge in [0, 0.05) is 23.7 Å². The van der Waals surface area contributed by atoms with Crippen molar-refractivity contribution in [3.05, 3.63) is 51.2 Å². The largest absolute Gasteiger partial charge is 0.444 e. The summed E-state index contributed by atoms with van der Waals surface area (Å²) in [4.78, 5) is 12.9. The van der Waals surface area contributed by atoms with E-state index in [1.165, 1.54) is 0 Å². The molecule has 0 radical (unpaired) electrons. The average Bonchev–Trinajstić information content (AvgIpc) is 2.87. The third kappa shape index (κ3) is 6.12. The Bertz CT molecular complexity index is 665. The molecule has 2 rings (SSSR count). The zero-order chi connectivity index (χ0) is 16.9. The fourth-order valence-corrected chi connectivity index (χ4v) is 2.98. The zero-order valence-corrected chi connectivity index (χ0v) is 15.1. The monoisotopic (exact) mass is 352 g/mol. The molecule has 1 heterocycles. The molecule has 23 heavy (non-hydrogen) atoms. The molecule has 1 aromatic carbocycles. The Morgan fingerprint density at radius 2 is 1.91 bits per heavy atom. The van der Waals surface area contributed by atoms with Gasteiger partial charge in [0.2, 0.25) is 0 Å². The number of rotatable bonds is 5. The molecular formula is C17H21ClN2O2S. The summed E-state index contributed by atoms with van der Waals surface area (Å²) in [5, 5.41) is 6.15. The Hall–Kier alpha value is -1.72. The SMILES string of the molecule is CC(C)(C)OC(=O)NCc1ccccc1NCc1ccc(Cl)s1. The van der Waals surface area contributed by atoms with E-state index >= 15 is 0 Å². The minimum absolute atomic E-state index is 0.406. The van der Waals surface area contributed by atoms with Crippen molar-refractivity contribution in [2.45, 2.75) is 39.5 Å². The first-order chi connectivity index (χ1) is 10.8. The van der Waals surface area contributed by atoms with Gasteiger partial charge in [-0.3, -0.25) is 0 Å². The summed E-state index contributed by atoms with van der Waals surface area (Å²) in [6, 6.07) is 11.8. The molecule has 0 spiro atoms. The molecule has 1 aromatic heterocycles. The van der Waals surface area contributed by atoms with Crippen LogP contribution in [0.15, 0.2) is 36.4 Å². The highest BCUT2D eigenvalue weighted by Crippen LogP contribution is 2.23. The van der Waals surface area contributed by atoms with Crippen LogP contribution in [0.1, 0.15) is 31.2 Å². The number of amides is 1. The fraction of sp³-hybridized carbons (Fsp3) is 0.353. The second kappa shape index (κ2) is 7.70. The number of hydrogen-bond donors (Lipinski definition) is 2. The van der Waals surface area contributed by atoms with E-state index in [9.17, 15) is 4.79 Å². The normalized spacial score (nSPS) is 11.1. The molecule has 2 N–H and O–H groups in total. The molecule has 0 aliphatic carbocycles. The maximum atomic E-state index is 11.8. The summed E-state index contributed by atoms with van der Waals surface area (Å²) in [5.41, 5.74) is 1.48. The van der Waals surface area contributed by atoms with Gasteiger partial charge in [-0.15, -0.1) is 11.3 Å². The van der Waals surface area contributed by atoms with Crippen LogP contribution in [0.5, 0.6) is 0 Å². The second-order valence-electron chi connectivity index (χ2n) is 6.07. The van der Waals surface area contributed by atoms with Crippen LogP contribution in [0.3, 0.4) is 0 Å². The lowest BCUT2D eigenvalue weighted by Crippen LogP contribution is -2.32. The number of carbonyl (C=O) groups is 1. The maximum absolute atomic E-state index is 11.8. The van der Waals surface area contributed by atoms with E-state index in [1.807, 2.05) is 57.2 Å². The second-order valence-corrected chi connectivity index (χ2v) is 7.87. The van der Waals surface area contributed by atoms with E-state index < -0.39 is 11.7 Å². The van der Waals surface area contributed by atoms with Crippen molar-refractivity contribution in [3.8, 4) is 0 Å². The Morgan fingerprint density at radius 1 is 1.17 bits per heavy atom. The molecule has 0 atom stereocenters. The third-order valence-corrected chi connectivity index (χ3v) is 4.15. The highest BCUT2D eigenvalue weighted by Gasteiger charge is 2.16. The standard InChI is InChI=1S/C17H21ClN2O2S/c1-17(2,3)22-16(21)20-10-12-6-4-5-7-14(12)19-11-13-8-9-15(18)23-13/h4-9,19H,10-11H2,1-3H3,(H,20,21). The highest BCUT2D eigenvalue weighted by molar-refractivity contribution is 7.16. The molecular weight excluding hydrogens is 332 g/mol. The fourth-order valence-electron chi connectivity index (χ4n) is 1.96. The van der Waals surface area contributed by atoms with Crippen LogP contribution < -0.4 is 10.6 Å². The summed E-state index contributed by atoms with van der Waals surface area (Å²) in [7, 11) is 0. The van der Waals surface area contributed by atoms with E-state index in [0.717, 1.165) is 20.5 Å². The number of hydrogen-bond acceptors (Lipinski definition) is 4. The highest BCUT2D eigenvalue weighted by atomic mass is 35.5. The number of carbonyl (C=O) groups excluding carboxylic acids is 1. The van der Waals surface area contributed by atoms with Crippen molar-refractivity contribution in [1.82, 2.24) is 5.32 Å². The summed E-state index contributed by atoms with van der Waals surface area (Å²) in [5.74, 6) is 0. The van der Waals surface area contributed by atoms with E-state index in [-0.39, 0.29) is 0 Å². The quantitative estimate of drug-likeness (QED) is 0.792. The Morgan fingerprint density at radius 3 is 2.57 bits per heavy atom. The van der Waals surface area contributed by atoms with Gasteiger partial charge in [0.1, 0.15) is 5.60 Å². The number of para-hydroxylation sites is 1. The molecule has 0 aliphatic rings. The lowest BCUT2D eigenvalue weighted by atomic mass is 10.1. The summed E-state index contributed by atoms with van der Waals surface area (Å²) in [6.45, 7) is 6.63. The number of ether oxygens (including phenoxy) is 1. The molecule has 2 aromatic rings. The number of nitrogens with one attached hydrogen (secondary N) is 2. The number of alkyl carbamates (subject to hydrolysis) is 1. The van der Waals surface area contributed by atoms with Crippen molar-refractivity contribution in [3.63, 3.8) is 0 Å². The van der Waals surface area contributed by atoms with Gasteiger partial charge in [-0.05, 0) is 44.5 Å². The summed E-state index contributed by atoms with van der Waals surface area (Å²) >= 11 is 7.49. The topological polar surface area (TPSA) is 50.4 Å². The van der Waals surface area contributed by atoms with Crippen LogP contribution in [0, 0.1) is 0 Å². The van der Waals surface area contributed by atoms with E-state index in [2.05, 4.69) is 10.6 Å². The van der Waals surface area contributed by atoms with Crippen molar-refractivity contribution < 1.29 is 9.53 Å². The molecule has 0 fully saturated rings. The van der Waals surface area contributed by atoms with E-state index in [1.54, 1.807) is 11.3 Å². The van der Waals surface area contributed by atoms with Crippen LogP contribution in [-0.4, -0.2) is 11.7 Å². The van der Waals surface area contributed by atoms with E-state index in [4.69, 9.17) is 16.3 Å². The van der Waals surface area contributed by atoms with Crippen LogP contribution >= 0.6 is 22.9 Å². The van der Waals surface area contributed by atoms with Gasteiger partial charge in [0.15, 0.2) is 0 Å². The minimum atomic E-state index is -0.500. The van der Waals surface area contributed by atoms with E-state index in [0.29, 0.717) is 13.1 Å². The molecule has 0 bridgehead atoms. The molecule has 0 saturated carbocycles. The first-order valence-corrected chi connectivity index (χ1v) is 8.56.